The number of nitrogens with two attached hydrogens (primary N) is 1. The molecule has 2 rings (SSSR count). The van der Waals surface area contributed by atoms with Crippen LogP contribution in [0.1, 0.15) is 24.2 Å². The molecule has 0 aliphatic rings. The first-order valence-electron chi connectivity index (χ1n) is 7.41. The number of aromatic nitrogens is 2. The van der Waals surface area contributed by atoms with Crippen molar-refractivity contribution in [2.45, 2.75) is 12.8 Å². The smallest absolute Gasteiger partial charge is 0.235 e. The van der Waals surface area contributed by atoms with E-state index < -0.39 is 34.8 Å². The van der Waals surface area contributed by atoms with Crippen LogP contribution in [0, 0.1) is 23.0 Å². The van der Waals surface area contributed by atoms with Gasteiger partial charge in [-0.3, -0.25) is 9.59 Å². The maximum absolute atomic E-state index is 13.9. The number of rotatable bonds is 5. The predicted molar refractivity (Wildman–Crippen MR) is 89.0 cm³/mol. The van der Waals surface area contributed by atoms with Gasteiger partial charge in [-0.15, -0.1) is 0 Å². The third-order valence-corrected chi connectivity index (χ3v) is 3.59. The number of nitriles is 1. The number of carbonyl (C=O) groups excluding carboxylic acids is 2. The third kappa shape index (κ3) is 3.64. The summed E-state index contributed by atoms with van der Waals surface area (Å²) in [5, 5.41) is 8.77. The fourth-order valence-electron chi connectivity index (χ4n) is 2.30. The second-order valence-corrected chi connectivity index (χ2v) is 5.74. The van der Waals surface area contributed by atoms with Gasteiger partial charge in [0.2, 0.25) is 5.91 Å². The van der Waals surface area contributed by atoms with Gasteiger partial charge in [-0.1, -0.05) is 0 Å². The summed E-state index contributed by atoms with van der Waals surface area (Å²) in [4.78, 5) is 33.2. The Hall–Kier alpha value is -3.41. The second kappa shape index (κ2) is 7.23. The fraction of sp³-hybridized carbons (Fsp3) is 0.235. The topological polar surface area (TPSA) is 113 Å². The van der Waals surface area contributed by atoms with E-state index in [9.17, 15) is 18.4 Å². The molecule has 0 spiro atoms. The standard InChI is InChI=1S/C17H15F2N5O2/c1-8(25)15(16(21)26)17-22-13(6-14(23-17)24(2)3)9-4-11(18)10(7-20)12(19)5-9/h4-6,15H,1-3H3,(H2,21,26). The van der Waals surface area contributed by atoms with Crippen molar-refractivity contribution in [1.82, 2.24) is 9.97 Å². The lowest BCUT2D eigenvalue weighted by Crippen LogP contribution is -2.29. The molecule has 1 aromatic carbocycles. The van der Waals surface area contributed by atoms with Crippen LogP contribution in [0.5, 0.6) is 0 Å². The van der Waals surface area contributed by atoms with E-state index in [2.05, 4.69) is 9.97 Å². The van der Waals surface area contributed by atoms with E-state index in [1.807, 2.05) is 0 Å². The predicted octanol–water partition coefficient (Wildman–Crippen LogP) is 1.52. The zero-order valence-electron chi connectivity index (χ0n) is 14.2. The molecule has 26 heavy (non-hydrogen) atoms. The molecule has 9 heteroatoms. The quantitative estimate of drug-likeness (QED) is 0.810. The molecule has 134 valence electrons. The number of hydrogen-bond donors (Lipinski definition) is 1. The minimum absolute atomic E-state index is 0.0255. The molecule has 1 aromatic heterocycles. The van der Waals surface area contributed by atoms with Crippen molar-refractivity contribution >= 4 is 17.5 Å². The summed E-state index contributed by atoms with van der Waals surface area (Å²) in [6.07, 6.45) is 0. The highest BCUT2D eigenvalue weighted by molar-refractivity contribution is 6.04. The summed E-state index contributed by atoms with van der Waals surface area (Å²) in [5.41, 5.74) is 4.65. The molecule has 1 unspecified atom stereocenters. The Labute approximate surface area is 148 Å². The first-order chi connectivity index (χ1) is 12.1. The third-order valence-electron chi connectivity index (χ3n) is 3.59. The summed E-state index contributed by atoms with van der Waals surface area (Å²) in [6.45, 7) is 1.17. The Balaban J connectivity index is 2.72. The summed E-state index contributed by atoms with van der Waals surface area (Å²) in [7, 11) is 3.31. The molecular formula is C17H15F2N5O2. The number of hydrogen-bond acceptors (Lipinski definition) is 6. The molecule has 0 saturated heterocycles. The van der Waals surface area contributed by atoms with Gasteiger partial charge in [0, 0.05) is 25.7 Å². The Kier molecular flexibility index (Phi) is 5.26. The summed E-state index contributed by atoms with van der Waals surface area (Å²) in [6, 6.07) is 4.76. The highest BCUT2D eigenvalue weighted by Gasteiger charge is 2.27. The maximum atomic E-state index is 13.9. The van der Waals surface area contributed by atoms with E-state index in [1.165, 1.54) is 19.1 Å². The monoisotopic (exact) mass is 359 g/mol. The molecule has 0 aliphatic carbocycles. The number of anilines is 1. The van der Waals surface area contributed by atoms with E-state index in [1.54, 1.807) is 19.0 Å². The van der Waals surface area contributed by atoms with Crippen LogP contribution in [0.2, 0.25) is 0 Å². The molecule has 1 heterocycles. The van der Waals surface area contributed by atoms with Crippen LogP contribution in [-0.2, 0) is 9.59 Å². The van der Waals surface area contributed by atoms with Crippen molar-refractivity contribution in [2.75, 3.05) is 19.0 Å². The molecule has 0 aliphatic heterocycles. The highest BCUT2D eigenvalue weighted by atomic mass is 19.1. The number of benzene rings is 1. The van der Waals surface area contributed by atoms with Crippen molar-refractivity contribution in [3.8, 4) is 17.3 Å². The van der Waals surface area contributed by atoms with Crippen molar-refractivity contribution in [2.24, 2.45) is 5.73 Å². The van der Waals surface area contributed by atoms with Gasteiger partial charge >= 0.3 is 0 Å². The largest absolute Gasteiger partial charge is 0.369 e. The van der Waals surface area contributed by atoms with E-state index in [0.29, 0.717) is 5.82 Å². The van der Waals surface area contributed by atoms with Crippen LogP contribution < -0.4 is 10.6 Å². The zero-order chi connectivity index (χ0) is 19.6. The highest BCUT2D eigenvalue weighted by Crippen LogP contribution is 2.27. The SMILES string of the molecule is CC(=O)C(C(N)=O)c1nc(-c2cc(F)c(C#N)c(F)c2)cc(N(C)C)n1. The molecule has 2 N–H and O–H groups in total. The van der Waals surface area contributed by atoms with Gasteiger partial charge in [-0.2, -0.15) is 5.26 Å². The van der Waals surface area contributed by atoms with E-state index in [4.69, 9.17) is 11.0 Å². The van der Waals surface area contributed by atoms with Crippen LogP contribution >= 0.6 is 0 Å². The van der Waals surface area contributed by atoms with Gasteiger partial charge < -0.3 is 10.6 Å². The van der Waals surface area contributed by atoms with Gasteiger partial charge in [0.05, 0.1) is 5.69 Å². The summed E-state index contributed by atoms with van der Waals surface area (Å²) in [5.74, 6) is -4.84. The molecule has 0 saturated carbocycles. The van der Waals surface area contributed by atoms with E-state index in [-0.39, 0.29) is 17.1 Å². The second-order valence-electron chi connectivity index (χ2n) is 5.74. The molecule has 1 atom stereocenters. The fourth-order valence-corrected chi connectivity index (χ4v) is 2.30. The lowest BCUT2D eigenvalue weighted by atomic mass is 10.0. The Bertz CT molecular complexity index is 900. The first-order valence-corrected chi connectivity index (χ1v) is 7.41. The molecule has 0 bridgehead atoms. The number of primary amides is 1. The average molecular weight is 359 g/mol. The van der Waals surface area contributed by atoms with Crippen molar-refractivity contribution in [1.29, 1.82) is 5.26 Å². The molecule has 0 radical (unpaired) electrons. The Morgan fingerprint density at radius 2 is 1.77 bits per heavy atom. The number of amides is 1. The average Bonchev–Trinajstić information content (AvgIpc) is 2.53. The summed E-state index contributed by atoms with van der Waals surface area (Å²) < 4.78 is 27.9. The number of ketones is 1. The molecule has 1 amide bonds. The molecular weight excluding hydrogens is 344 g/mol. The van der Waals surface area contributed by atoms with Crippen molar-refractivity contribution in [3.63, 3.8) is 0 Å². The van der Waals surface area contributed by atoms with Gasteiger partial charge in [0.15, 0.2) is 11.7 Å². The van der Waals surface area contributed by atoms with Crippen molar-refractivity contribution in [3.05, 3.63) is 41.2 Å². The first kappa shape index (κ1) is 18.9. The Morgan fingerprint density at radius 3 is 2.19 bits per heavy atom. The minimum Gasteiger partial charge on any atom is -0.369 e. The number of nitrogens with zero attached hydrogens (tertiary/aromatic N) is 4. The number of carbonyl (C=O) groups is 2. The molecule has 2 aromatic rings. The Morgan fingerprint density at radius 1 is 1.19 bits per heavy atom. The van der Waals surface area contributed by atoms with Gasteiger partial charge in [-0.25, -0.2) is 18.7 Å². The normalized spacial score (nSPS) is 11.5. The van der Waals surface area contributed by atoms with Gasteiger partial charge in [0.1, 0.15) is 34.9 Å². The molecule has 0 fully saturated rings. The van der Waals surface area contributed by atoms with Gasteiger partial charge in [0.25, 0.3) is 0 Å². The minimum atomic E-state index is -1.39. The lowest BCUT2D eigenvalue weighted by Gasteiger charge is -2.17. The maximum Gasteiger partial charge on any atom is 0.235 e. The number of halogens is 2. The lowest BCUT2D eigenvalue weighted by molar-refractivity contribution is -0.127. The zero-order valence-corrected chi connectivity index (χ0v) is 14.2. The van der Waals surface area contributed by atoms with Gasteiger partial charge in [-0.05, 0) is 19.1 Å². The molecule has 7 nitrogen and oxygen atoms in total. The van der Waals surface area contributed by atoms with Crippen LogP contribution in [0.4, 0.5) is 14.6 Å². The van der Waals surface area contributed by atoms with E-state index in [0.717, 1.165) is 12.1 Å². The van der Waals surface area contributed by atoms with Crippen LogP contribution in [0.25, 0.3) is 11.3 Å². The van der Waals surface area contributed by atoms with Crippen LogP contribution in [0.3, 0.4) is 0 Å². The van der Waals surface area contributed by atoms with Crippen molar-refractivity contribution < 1.29 is 18.4 Å². The van der Waals surface area contributed by atoms with E-state index >= 15 is 0 Å². The summed E-state index contributed by atoms with van der Waals surface area (Å²) >= 11 is 0. The number of Topliss-reactive ketones (excluding diaryl/α,β-unsaturated/α-hetero) is 1. The van der Waals surface area contributed by atoms with Crippen LogP contribution in [-0.4, -0.2) is 35.8 Å². The van der Waals surface area contributed by atoms with Crippen LogP contribution in [0.15, 0.2) is 18.2 Å².